The molecule has 1 aliphatic rings. The number of aryl methyl sites for hydroxylation is 1. The second-order valence-electron chi connectivity index (χ2n) is 5.34. The van der Waals surface area contributed by atoms with Gasteiger partial charge in [-0.3, -0.25) is 14.6 Å². The fraction of sp³-hybridized carbons (Fsp3) is 0.312. The van der Waals surface area contributed by atoms with E-state index in [0.29, 0.717) is 24.9 Å². The molecule has 0 bridgehead atoms. The number of fused-ring (bicyclic) bond motifs is 1. The van der Waals surface area contributed by atoms with Gasteiger partial charge in [0.25, 0.3) is 5.91 Å². The Morgan fingerprint density at radius 1 is 1.38 bits per heavy atom. The molecule has 0 radical (unpaired) electrons. The van der Waals surface area contributed by atoms with E-state index in [0.717, 1.165) is 16.6 Å². The Kier molecular flexibility index (Phi) is 3.56. The molecule has 0 aliphatic carbocycles. The highest BCUT2D eigenvalue weighted by atomic mass is 16.2. The number of nitrogens with one attached hydrogen (secondary N) is 2. The first-order chi connectivity index (χ1) is 10.1. The van der Waals surface area contributed by atoms with Crippen LogP contribution in [0.1, 0.15) is 28.9 Å². The van der Waals surface area contributed by atoms with E-state index in [1.807, 2.05) is 31.2 Å². The number of carbonyl (C=O) groups excluding carboxylic acids is 2. The van der Waals surface area contributed by atoms with Crippen molar-refractivity contribution in [3.05, 3.63) is 41.6 Å². The fourth-order valence-electron chi connectivity index (χ4n) is 2.61. The number of hydrogen-bond acceptors (Lipinski definition) is 3. The minimum atomic E-state index is -0.113. The average molecular weight is 283 g/mol. The number of para-hydroxylation sites is 1. The quantitative estimate of drug-likeness (QED) is 0.878. The van der Waals surface area contributed by atoms with Crippen molar-refractivity contribution in [2.24, 2.45) is 0 Å². The molecule has 1 fully saturated rings. The number of rotatable bonds is 2. The predicted octanol–water partition coefficient (Wildman–Crippen LogP) is 1.55. The lowest BCUT2D eigenvalue weighted by Crippen LogP contribution is -2.47. The van der Waals surface area contributed by atoms with Crippen LogP contribution >= 0.6 is 0 Å². The summed E-state index contributed by atoms with van der Waals surface area (Å²) in [6.07, 6.45) is 1.14. The summed E-state index contributed by atoms with van der Waals surface area (Å²) in [5.41, 5.74) is 2.27. The number of piperidine rings is 1. The lowest BCUT2D eigenvalue weighted by Gasteiger charge is -2.23. The van der Waals surface area contributed by atoms with Gasteiger partial charge in [0, 0.05) is 30.1 Å². The molecule has 108 valence electrons. The highest BCUT2D eigenvalue weighted by molar-refractivity contribution is 6.06. The van der Waals surface area contributed by atoms with E-state index >= 15 is 0 Å². The molecule has 1 unspecified atom stereocenters. The lowest BCUT2D eigenvalue weighted by atomic mass is 10.0. The summed E-state index contributed by atoms with van der Waals surface area (Å²) < 4.78 is 0. The Morgan fingerprint density at radius 3 is 2.95 bits per heavy atom. The van der Waals surface area contributed by atoms with Crippen LogP contribution in [0.5, 0.6) is 0 Å². The molecular weight excluding hydrogens is 266 g/mol. The van der Waals surface area contributed by atoms with Crippen molar-refractivity contribution >= 4 is 22.7 Å². The molecule has 21 heavy (non-hydrogen) atoms. The summed E-state index contributed by atoms with van der Waals surface area (Å²) in [5.74, 6) is -0.0662. The zero-order valence-electron chi connectivity index (χ0n) is 11.8. The SMILES string of the molecule is Cc1cc(C(=O)NC2CCC(=O)NC2)c2ccccc2n1. The summed E-state index contributed by atoms with van der Waals surface area (Å²) in [6.45, 7) is 2.37. The van der Waals surface area contributed by atoms with Gasteiger partial charge >= 0.3 is 0 Å². The van der Waals surface area contributed by atoms with E-state index in [4.69, 9.17) is 0 Å². The van der Waals surface area contributed by atoms with Gasteiger partial charge in [0.05, 0.1) is 11.1 Å². The molecule has 0 spiro atoms. The van der Waals surface area contributed by atoms with Crippen molar-refractivity contribution in [2.75, 3.05) is 6.54 Å². The summed E-state index contributed by atoms with van der Waals surface area (Å²) in [7, 11) is 0. The third kappa shape index (κ3) is 2.86. The van der Waals surface area contributed by atoms with Gasteiger partial charge in [-0.15, -0.1) is 0 Å². The van der Waals surface area contributed by atoms with Crippen molar-refractivity contribution in [3.8, 4) is 0 Å². The van der Waals surface area contributed by atoms with Crippen LogP contribution in [0.25, 0.3) is 10.9 Å². The van der Waals surface area contributed by atoms with E-state index in [1.165, 1.54) is 0 Å². The van der Waals surface area contributed by atoms with E-state index in [-0.39, 0.29) is 17.9 Å². The zero-order valence-corrected chi connectivity index (χ0v) is 11.8. The van der Waals surface area contributed by atoms with Crippen molar-refractivity contribution in [3.63, 3.8) is 0 Å². The summed E-state index contributed by atoms with van der Waals surface area (Å²) in [6, 6.07) is 9.41. The topological polar surface area (TPSA) is 71.1 Å². The van der Waals surface area contributed by atoms with Crippen LogP contribution in [0.4, 0.5) is 0 Å². The van der Waals surface area contributed by atoms with Crippen LogP contribution < -0.4 is 10.6 Å². The van der Waals surface area contributed by atoms with Crippen LogP contribution in [0.3, 0.4) is 0 Å². The van der Waals surface area contributed by atoms with Crippen LogP contribution in [-0.2, 0) is 4.79 Å². The maximum atomic E-state index is 12.5. The van der Waals surface area contributed by atoms with E-state index < -0.39 is 0 Å². The smallest absolute Gasteiger partial charge is 0.252 e. The van der Waals surface area contributed by atoms with Gasteiger partial charge < -0.3 is 10.6 Å². The average Bonchev–Trinajstić information content (AvgIpc) is 2.48. The number of amides is 2. The molecule has 1 aliphatic heterocycles. The van der Waals surface area contributed by atoms with Gasteiger partial charge in [-0.1, -0.05) is 18.2 Å². The summed E-state index contributed by atoms with van der Waals surface area (Å²) in [4.78, 5) is 28.1. The van der Waals surface area contributed by atoms with Crippen molar-refractivity contribution < 1.29 is 9.59 Å². The monoisotopic (exact) mass is 283 g/mol. The molecule has 0 saturated carbocycles. The molecule has 2 amide bonds. The predicted molar refractivity (Wildman–Crippen MR) is 80.0 cm³/mol. The lowest BCUT2D eigenvalue weighted by molar-refractivity contribution is -0.122. The van der Waals surface area contributed by atoms with Crippen LogP contribution in [0.15, 0.2) is 30.3 Å². The highest BCUT2D eigenvalue weighted by Gasteiger charge is 2.21. The molecule has 1 atom stereocenters. The molecule has 1 aromatic carbocycles. The zero-order chi connectivity index (χ0) is 14.8. The summed E-state index contributed by atoms with van der Waals surface area (Å²) >= 11 is 0. The normalized spacial score (nSPS) is 18.3. The van der Waals surface area contributed by atoms with Gasteiger partial charge in [-0.25, -0.2) is 0 Å². The first-order valence-corrected chi connectivity index (χ1v) is 7.07. The summed E-state index contributed by atoms with van der Waals surface area (Å²) in [5, 5.41) is 6.61. The van der Waals surface area contributed by atoms with Gasteiger partial charge in [0.15, 0.2) is 0 Å². The minimum absolute atomic E-state index is 0.0116. The van der Waals surface area contributed by atoms with Crippen LogP contribution in [0.2, 0.25) is 0 Å². The molecule has 2 N–H and O–H groups in total. The molecule has 1 saturated heterocycles. The second kappa shape index (κ2) is 5.52. The van der Waals surface area contributed by atoms with Crippen molar-refractivity contribution in [2.45, 2.75) is 25.8 Å². The molecule has 2 heterocycles. The Morgan fingerprint density at radius 2 is 2.19 bits per heavy atom. The van der Waals surface area contributed by atoms with Crippen molar-refractivity contribution in [1.29, 1.82) is 0 Å². The maximum absolute atomic E-state index is 12.5. The number of pyridine rings is 1. The van der Waals surface area contributed by atoms with Gasteiger partial charge in [-0.2, -0.15) is 0 Å². The third-order valence-corrected chi connectivity index (χ3v) is 3.69. The molecule has 2 aromatic rings. The van der Waals surface area contributed by atoms with Gasteiger partial charge in [0.1, 0.15) is 0 Å². The van der Waals surface area contributed by atoms with E-state index in [2.05, 4.69) is 15.6 Å². The fourth-order valence-corrected chi connectivity index (χ4v) is 2.61. The van der Waals surface area contributed by atoms with Crippen LogP contribution in [-0.4, -0.2) is 29.4 Å². The Bertz CT molecular complexity index is 702. The number of nitrogens with zero attached hydrogens (tertiary/aromatic N) is 1. The number of aromatic nitrogens is 1. The molecular formula is C16H17N3O2. The maximum Gasteiger partial charge on any atom is 0.252 e. The Hall–Kier alpha value is -2.43. The second-order valence-corrected chi connectivity index (χ2v) is 5.34. The number of carbonyl (C=O) groups is 2. The van der Waals surface area contributed by atoms with Crippen LogP contribution in [0, 0.1) is 6.92 Å². The first kappa shape index (κ1) is 13.5. The first-order valence-electron chi connectivity index (χ1n) is 7.07. The van der Waals surface area contributed by atoms with Gasteiger partial charge in [-0.05, 0) is 25.5 Å². The molecule has 5 heteroatoms. The number of benzene rings is 1. The highest BCUT2D eigenvalue weighted by Crippen LogP contribution is 2.18. The Balaban J connectivity index is 1.86. The number of hydrogen-bond donors (Lipinski definition) is 2. The van der Waals surface area contributed by atoms with E-state index in [9.17, 15) is 9.59 Å². The third-order valence-electron chi connectivity index (χ3n) is 3.69. The standard InChI is InChI=1S/C16H17N3O2/c1-10-8-13(12-4-2-3-5-14(12)18-10)16(21)19-11-6-7-15(20)17-9-11/h2-5,8,11H,6-7,9H2,1H3,(H,17,20)(H,19,21). The van der Waals surface area contributed by atoms with Crippen molar-refractivity contribution in [1.82, 2.24) is 15.6 Å². The Labute approximate surface area is 122 Å². The molecule has 5 nitrogen and oxygen atoms in total. The van der Waals surface area contributed by atoms with E-state index in [1.54, 1.807) is 6.07 Å². The minimum Gasteiger partial charge on any atom is -0.354 e. The molecule has 1 aromatic heterocycles. The molecule has 3 rings (SSSR count). The van der Waals surface area contributed by atoms with Gasteiger partial charge in [0.2, 0.25) is 5.91 Å². The largest absolute Gasteiger partial charge is 0.354 e.